The Morgan fingerprint density at radius 2 is 1.67 bits per heavy atom. The van der Waals surface area contributed by atoms with Gasteiger partial charge in [0.1, 0.15) is 5.69 Å². The van der Waals surface area contributed by atoms with Gasteiger partial charge in [-0.2, -0.15) is 26.3 Å². The highest BCUT2D eigenvalue weighted by Crippen LogP contribution is 2.38. The average Bonchev–Trinajstić information content (AvgIpc) is 2.34. The molecule has 0 aliphatic rings. The molecule has 0 aliphatic heterocycles. The minimum atomic E-state index is -4.91. The molecule has 2 rings (SSSR count). The van der Waals surface area contributed by atoms with Gasteiger partial charge in [-0.15, -0.1) is 0 Å². The third kappa shape index (κ3) is 2.94. The molecule has 0 aliphatic carbocycles. The van der Waals surface area contributed by atoms with E-state index in [1.807, 2.05) is 0 Å². The Labute approximate surface area is 115 Å². The summed E-state index contributed by atoms with van der Waals surface area (Å²) in [6.07, 6.45) is -11.1. The molecule has 0 amide bonds. The molecule has 21 heavy (non-hydrogen) atoms. The Morgan fingerprint density at radius 1 is 1.05 bits per heavy atom. The number of hydrogen-bond donors (Lipinski definition) is 1. The van der Waals surface area contributed by atoms with Crippen LogP contribution in [0, 0.1) is 0 Å². The fourth-order valence-electron chi connectivity index (χ4n) is 1.99. The van der Waals surface area contributed by atoms with Crippen molar-refractivity contribution in [2.45, 2.75) is 25.4 Å². The number of para-hydroxylation sites is 1. The number of fused-ring (bicyclic) bond motifs is 1. The van der Waals surface area contributed by atoms with Gasteiger partial charge in [-0.05, 0) is 24.6 Å². The minimum Gasteiger partial charge on any atom is -0.389 e. The van der Waals surface area contributed by atoms with E-state index >= 15 is 0 Å². The first-order chi connectivity index (χ1) is 9.51. The summed E-state index contributed by atoms with van der Waals surface area (Å²) in [7, 11) is 0. The molecule has 2 nitrogen and oxygen atoms in total. The number of aliphatic hydroxyl groups is 1. The van der Waals surface area contributed by atoms with Gasteiger partial charge in [0, 0.05) is 5.39 Å². The highest BCUT2D eigenvalue weighted by atomic mass is 19.4. The van der Waals surface area contributed by atoms with E-state index in [9.17, 15) is 31.4 Å². The SMILES string of the molecule is C[C@H](O)c1cc(C(F)(F)F)nc2c(C(F)(F)F)cccc12. The molecule has 0 fully saturated rings. The Hall–Kier alpha value is -1.83. The summed E-state index contributed by atoms with van der Waals surface area (Å²) in [5.41, 5.74) is -3.82. The van der Waals surface area contributed by atoms with E-state index < -0.39 is 35.2 Å². The molecule has 0 bridgehead atoms. The number of aliphatic hydroxyl groups excluding tert-OH is 1. The van der Waals surface area contributed by atoms with Crippen LogP contribution in [-0.4, -0.2) is 10.1 Å². The maximum atomic E-state index is 12.9. The molecular weight excluding hydrogens is 300 g/mol. The van der Waals surface area contributed by atoms with E-state index in [2.05, 4.69) is 4.98 Å². The van der Waals surface area contributed by atoms with Crippen LogP contribution < -0.4 is 0 Å². The van der Waals surface area contributed by atoms with Crippen molar-refractivity contribution in [3.8, 4) is 0 Å². The van der Waals surface area contributed by atoms with Gasteiger partial charge in [-0.25, -0.2) is 4.98 Å². The number of hydrogen-bond acceptors (Lipinski definition) is 2. The Kier molecular flexibility index (Phi) is 3.61. The summed E-state index contributed by atoms with van der Waals surface area (Å²) < 4.78 is 77.0. The van der Waals surface area contributed by atoms with Crippen molar-refractivity contribution in [2.24, 2.45) is 0 Å². The van der Waals surface area contributed by atoms with Crippen LogP contribution in [0.4, 0.5) is 26.3 Å². The lowest BCUT2D eigenvalue weighted by molar-refractivity contribution is -0.142. The summed E-state index contributed by atoms with van der Waals surface area (Å²) in [6.45, 7) is 1.18. The fraction of sp³-hybridized carbons (Fsp3) is 0.308. The number of nitrogens with zero attached hydrogens (tertiary/aromatic N) is 1. The fourth-order valence-corrected chi connectivity index (χ4v) is 1.99. The lowest BCUT2D eigenvalue weighted by Gasteiger charge is -2.16. The predicted molar refractivity (Wildman–Crippen MR) is 62.4 cm³/mol. The van der Waals surface area contributed by atoms with E-state index in [1.165, 1.54) is 13.0 Å². The van der Waals surface area contributed by atoms with Gasteiger partial charge in [0.05, 0.1) is 17.2 Å². The zero-order chi connectivity index (χ0) is 16.0. The zero-order valence-corrected chi connectivity index (χ0v) is 10.5. The molecule has 0 unspecified atom stereocenters. The summed E-state index contributed by atoms with van der Waals surface area (Å²) in [5.74, 6) is 0. The number of halogens is 6. The maximum Gasteiger partial charge on any atom is 0.433 e. The van der Waals surface area contributed by atoms with Gasteiger partial charge < -0.3 is 5.11 Å². The largest absolute Gasteiger partial charge is 0.433 e. The molecule has 1 heterocycles. The van der Waals surface area contributed by atoms with Crippen LogP contribution in [0.5, 0.6) is 0 Å². The Balaban J connectivity index is 2.91. The number of pyridine rings is 1. The van der Waals surface area contributed by atoms with Gasteiger partial charge in [0.15, 0.2) is 0 Å². The standard InChI is InChI=1S/C13H9F6NO/c1-6(21)8-5-10(13(17,18)19)20-11-7(8)3-2-4-9(11)12(14,15)16/h2-6,21H,1H3/t6-/m0/s1. The quantitative estimate of drug-likeness (QED) is 0.796. The number of rotatable bonds is 1. The van der Waals surface area contributed by atoms with E-state index in [4.69, 9.17) is 0 Å². The first-order valence-corrected chi connectivity index (χ1v) is 5.78. The first kappa shape index (κ1) is 15.6. The predicted octanol–water partition coefficient (Wildman–Crippen LogP) is 4.33. The second-order valence-corrected chi connectivity index (χ2v) is 4.47. The van der Waals surface area contributed by atoms with Crippen molar-refractivity contribution >= 4 is 10.9 Å². The number of aromatic nitrogens is 1. The molecule has 114 valence electrons. The van der Waals surface area contributed by atoms with Crippen LogP contribution >= 0.6 is 0 Å². The molecule has 0 spiro atoms. The van der Waals surface area contributed by atoms with E-state index in [0.717, 1.165) is 6.07 Å². The topological polar surface area (TPSA) is 33.1 Å². The zero-order valence-electron chi connectivity index (χ0n) is 10.5. The number of alkyl halides is 6. The van der Waals surface area contributed by atoms with E-state index in [1.54, 1.807) is 0 Å². The van der Waals surface area contributed by atoms with Crippen molar-refractivity contribution in [3.05, 3.63) is 41.1 Å². The molecule has 1 atom stereocenters. The minimum absolute atomic E-state index is 0.159. The Bertz CT molecular complexity index is 675. The average molecular weight is 309 g/mol. The highest BCUT2D eigenvalue weighted by molar-refractivity contribution is 5.86. The molecular formula is C13H9F6NO. The Morgan fingerprint density at radius 3 is 2.14 bits per heavy atom. The number of benzene rings is 1. The van der Waals surface area contributed by atoms with E-state index in [0.29, 0.717) is 12.1 Å². The molecule has 8 heteroatoms. The summed E-state index contributed by atoms with van der Waals surface area (Å²) >= 11 is 0. The normalized spacial score (nSPS) is 14.5. The van der Waals surface area contributed by atoms with Crippen molar-refractivity contribution in [1.82, 2.24) is 4.98 Å². The maximum absolute atomic E-state index is 12.9. The molecule has 1 aromatic heterocycles. The smallest absolute Gasteiger partial charge is 0.389 e. The van der Waals surface area contributed by atoms with E-state index in [-0.39, 0.29) is 10.9 Å². The van der Waals surface area contributed by atoms with Gasteiger partial charge in [-0.1, -0.05) is 12.1 Å². The van der Waals surface area contributed by atoms with Gasteiger partial charge >= 0.3 is 12.4 Å². The van der Waals surface area contributed by atoms with Crippen LogP contribution in [-0.2, 0) is 12.4 Å². The van der Waals surface area contributed by atoms with Gasteiger partial charge in [0.25, 0.3) is 0 Å². The van der Waals surface area contributed by atoms with Crippen LogP contribution in [0.2, 0.25) is 0 Å². The third-order valence-electron chi connectivity index (χ3n) is 2.92. The van der Waals surface area contributed by atoms with Crippen LogP contribution in [0.3, 0.4) is 0 Å². The molecule has 1 aromatic carbocycles. The molecule has 0 saturated carbocycles. The monoisotopic (exact) mass is 309 g/mol. The molecule has 0 radical (unpaired) electrons. The second-order valence-electron chi connectivity index (χ2n) is 4.47. The summed E-state index contributed by atoms with van der Waals surface area (Å²) in [6, 6.07) is 3.47. The van der Waals surface area contributed by atoms with Crippen LogP contribution in [0.15, 0.2) is 24.3 Å². The van der Waals surface area contributed by atoms with Crippen molar-refractivity contribution in [2.75, 3.05) is 0 Å². The summed E-state index contributed by atoms with van der Waals surface area (Å²) in [4.78, 5) is 3.10. The first-order valence-electron chi connectivity index (χ1n) is 5.78. The van der Waals surface area contributed by atoms with Gasteiger partial charge in [0.2, 0.25) is 0 Å². The van der Waals surface area contributed by atoms with Crippen molar-refractivity contribution in [3.63, 3.8) is 0 Å². The van der Waals surface area contributed by atoms with Crippen LogP contribution in [0.25, 0.3) is 10.9 Å². The molecule has 0 saturated heterocycles. The lowest BCUT2D eigenvalue weighted by atomic mass is 10.0. The summed E-state index contributed by atoms with van der Waals surface area (Å²) in [5, 5.41) is 9.37. The third-order valence-corrected chi connectivity index (χ3v) is 2.92. The van der Waals surface area contributed by atoms with Crippen molar-refractivity contribution < 1.29 is 31.4 Å². The second kappa shape index (κ2) is 4.87. The lowest BCUT2D eigenvalue weighted by Crippen LogP contribution is -2.13. The van der Waals surface area contributed by atoms with Gasteiger partial charge in [-0.3, -0.25) is 0 Å². The van der Waals surface area contributed by atoms with Crippen LogP contribution in [0.1, 0.15) is 29.8 Å². The highest BCUT2D eigenvalue weighted by Gasteiger charge is 2.37. The molecule has 1 N–H and O–H groups in total. The van der Waals surface area contributed by atoms with Crippen molar-refractivity contribution in [1.29, 1.82) is 0 Å². The molecule has 2 aromatic rings.